The largest absolute Gasteiger partial charge is 0.494 e. The van der Waals surface area contributed by atoms with E-state index in [2.05, 4.69) is 32.9 Å². The molecular formula is C21H25N5O2. The Kier molecular flexibility index (Phi) is 7.12. The topological polar surface area (TPSA) is 81.9 Å². The van der Waals surface area contributed by atoms with Crippen LogP contribution in [0.2, 0.25) is 0 Å². The van der Waals surface area contributed by atoms with Gasteiger partial charge < -0.3 is 10.1 Å². The molecular weight excluding hydrogens is 354 g/mol. The highest BCUT2D eigenvalue weighted by molar-refractivity contribution is 5.90. The van der Waals surface area contributed by atoms with Gasteiger partial charge in [0.1, 0.15) is 5.75 Å². The van der Waals surface area contributed by atoms with E-state index in [1.807, 2.05) is 49.4 Å². The van der Waals surface area contributed by atoms with E-state index in [1.165, 1.54) is 5.56 Å². The monoisotopic (exact) mass is 379 g/mol. The van der Waals surface area contributed by atoms with Crippen molar-refractivity contribution in [3.8, 4) is 5.75 Å². The van der Waals surface area contributed by atoms with Crippen LogP contribution in [0.3, 0.4) is 0 Å². The number of nitrogens with one attached hydrogen (secondary N) is 1. The summed E-state index contributed by atoms with van der Waals surface area (Å²) in [4.78, 5) is 13.0. The smallest absolute Gasteiger partial charge is 0.224 e. The molecule has 1 heterocycles. The van der Waals surface area contributed by atoms with Gasteiger partial charge in [-0.1, -0.05) is 37.3 Å². The van der Waals surface area contributed by atoms with E-state index in [-0.39, 0.29) is 5.91 Å². The molecule has 0 aliphatic heterocycles. The Hall–Kier alpha value is -3.22. The van der Waals surface area contributed by atoms with Crippen LogP contribution in [0.4, 0.5) is 5.69 Å². The lowest BCUT2D eigenvalue weighted by Gasteiger charge is -2.08. The third-order valence-corrected chi connectivity index (χ3v) is 4.18. The van der Waals surface area contributed by atoms with Gasteiger partial charge in [-0.15, -0.1) is 10.2 Å². The summed E-state index contributed by atoms with van der Waals surface area (Å²) in [6.45, 7) is 3.16. The van der Waals surface area contributed by atoms with Gasteiger partial charge in [0.05, 0.1) is 13.2 Å². The Balaban J connectivity index is 1.34. The van der Waals surface area contributed by atoms with Gasteiger partial charge in [0.25, 0.3) is 0 Å². The average Bonchev–Trinajstić information content (AvgIpc) is 3.17. The standard InChI is InChI=1S/C21H25N5O2/c1-2-21(27)22-18-10-12-19(13-11-18)28-15-7-6-14-26-24-20(23-25-26)16-17-8-4-3-5-9-17/h3-5,8-13H,2,6-7,14-16H2,1H3,(H,22,27). The quantitative estimate of drug-likeness (QED) is 0.546. The minimum atomic E-state index is 0.00214. The molecule has 1 aromatic heterocycles. The molecule has 0 radical (unpaired) electrons. The van der Waals surface area contributed by atoms with Crippen LogP contribution in [0.25, 0.3) is 0 Å². The number of hydrogen-bond donors (Lipinski definition) is 1. The maximum absolute atomic E-state index is 11.4. The second-order valence-electron chi connectivity index (χ2n) is 6.45. The van der Waals surface area contributed by atoms with Gasteiger partial charge in [-0.3, -0.25) is 4.79 Å². The highest BCUT2D eigenvalue weighted by atomic mass is 16.5. The molecule has 7 nitrogen and oxygen atoms in total. The maximum Gasteiger partial charge on any atom is 0.224 e. The number of carbonyl (C=O) groups excluding carboxylic acids is 1. The highest BCUT2D eigenvalue weighted by Crippen LogP contribution is 2.16. The number of hydrogen-bond acceptors (Lipinski definition) is 5. The molecule has 0 saturated carbocycles. The third-order valence-electron chi connectivity index (χ3n) is 4.18. The molecule has 0 aliphatic carbocycles. The van der Waals surface area contributed by atoms with Gasteiger partial charge in [-0.25, -0.2) is 0 Å². The summed E-state index contributed by atoms with van der Waals surface area (Å²) in [6, 6.07) is 17.5. The maximum atomic E-state index is 11.4. The van der Waals surface area contributed by atoms with Crippen LogP contribution in [0.5, 0.6) is 5.75 Å². The Morgan fingerprint density at radius 3 is 2.61 bits per heavy atom. The number of anilines is 1. The summed E-state index contributed by atoms with van der Waals surface area (Å²) in [5.74, 6) is 1.53. The van der Waals surface area contributed by atoms with Crippen molar-refractivity contribution in [1.82, 2.24) is 20.2 Å². The third kappa shape index (κ3) is 6.19. The summed E-state index contributed by atoms with van der Waals surface area (Å²) in [6.07, 6.45) is 2.96. The van der Waals surface area contributed by atoms with Gasteiger partial charge in [-0.2, -0.15) is 4.80 Å². The number of unbranched alkanes of at least 4 members (excludes halogenated alkanes) is 1. The first kappa shape index (κ1) is 19.5. The Bertz CT molecular complexity index is 862. The molecule has 0 unspecified atom stereocenters. The first-order chi connectivity index (χ1) is 13.7. The van der Waals surface area contributed by atoms with E-state index >= 15 is 0 Å². The van der Waals surface area contributed by atoms with Crippen molar-refractivity contribution in [1.29, 1.82) is 0 Å². The first-order valence-corrected chi connectivity index (χ1v) is 9.56. The molecule has 0 saturated heterocycles. The number of ether oxygens (including phenoxy) is 1. The Labute approximate surface area is 164 Å². The molecule has 28 heavy (non-hydrogen) atoms. The average molecular weight is 379 g/mol. The molecule has 7 heteroatoms. The van der Waals surface area contributed by atoms with Crippen LogP contribution in [-0.4, -0.2) is 32.7 Å². The molecule has 1 N–H and O–H groups in total. The van der Waals surface area contributed by atoms with Crippen molar-refractivity contribution in [2.75, 3.05) is 11.9 Å². The van der Waals surface area contributed by atoms with Gasteiger partial charge >= 0.3 is 0 Å². The number of carbonyl (C=O) groups is 1. The number of amides is 1. The van der Waals surface area contributed by atoms with Crippen molar-refractivity contribution in [2.45, 2.75) is 39.2 Å². The number of aryl methyl sites for hydroxylation is 1. The molecule has 1 amide bonds. The lowest BCUT2D eigenvalue weighted by molar-refractivity contribution is -0.115. The van der Waals surface area contributed by atoms with Crippen LogP contribution in [0.1, 0.15) is 37.6 Å². The van der Waals surface area contributed by atoms with Gasteiger partial charge in [-0.05, 0) is 47.9 Å². The Morgan fingerprint density at radius 2 is 1.86 bits per heavy atom. The normalized spacial score (nSPS) is 10.6. The van der Waals surface area contributed by atoms with Crippen molar-refractivity contribution < 1.29 is 9.53 Å². The fourth-order valence-electron chi connectivity index (χ4n) is 2.65. The van der Waals surface area contributed by atoms with Crippen LogP contribution < -0.4 is 10.1 Å². The van der Waals surface area contributed by atoms with Gasteiger partial charge in [0.2, 0.25) is 5.91 Å². The van der Waals surface area contributed by atoms with E-state index < -0.39 is 0 Å². The van der Waals surface area contributed by atoms with Crippen molar-refractivity contribution >= 4 is 11.6 Å². The summed E-state index contributed by atoms with van der Waals surface area (Å²) in [5.41, 5.74) is 1.96. The van der Waals surface area contributed by atoms with Crippen molar-refractivity contribution in [3.63, 3.8) is 0 Å². The lowest BCUT2D eigenvalue weighted by Crippen LogP contribution is -2.09. The van der Waals surface area contributed by atoms with Gasteiger partial charge in [0, 0.05) is 18.5 Å². The number of nitrogens with zero attached hydrogens (tertiary/aromatic N) is 4. The number of rotatable bonds is 10. The molecule has 146 valence electrons. The van der Waals surface area contributed by atoms with E-state index in [4.69, 9.17) is 4.74 Å². The second kappa shape index (κ2) is 10.2. The zero-order valence-electron chi connectivity index (χ0n) is 16.0. The van der Waals surface area contributed by atoms with E-state index in [9.17, 15) is 4.79 Å². The summed E-state index contributed by atoms with van der Waals surface area (Å²) >= 11 is 0. The zero-order valence-corrected chi connectivity index (χ0v) is 16.0. The van der Waals surface area contributed by atoms with Crippen LogP contribution in [-0.2, 0) is 17.8 Å². The fraction of sp³-hybridized carbons (Fsp3) is 0.333. The van der Waals surface area contributed by atoms with Crippen molar-refractivity contribution in [3.05, 3.63) is 66.0 Å². The number of benzene rings is 2. The molecule has 0 aliphatic rings. The second-order valence-corrected chi connectivity index (χ2v) is 6.45. The SMILES string of the molecule is CCC(=O)Nc1ccc(OCCCCn2nnc(Cc3ccccc3)n2)cc1. The van der Waals surface area contributed by atoms with E-state index in [0.29, 0.717) is 26.0 Å². The molecule has 2 aromatic carbocycles. The summed E-state index contributed by atoms with van der Waals surface area (Å²) in [7, 11) is 0. The first-order valence-electron chi connectivity index (χ1n) is 9.56. The fourth-order valence-corrected chi connectivity index (χ4v) is 2.65. The number of aromatic nitrogens is 4. The molecule has 3 aromatic rings. The summed E-state index contributed by atoms with van der Waals surface area (Å²) in [5, 5.41) is 15.5. The minimum Gasteiger partial charge on any atom is -0.494 e. The van der Waals surface area contributed by atoms with Crippen LogP contribution in [0, 0.1) is 0 Å². The molecule has 0 bridgehead atoms. The molecule has 0 fully saturated rings. The predicted molar refractivity (Wildman–Crippen MR) is 107 cm³/mol. The Morgan fingerprint density at radius 1 is 1.07 bits per heavy atom. The minimum absolute atomic E-state index is 0.00214. The molecule has 0 atom stereocenters. The van der Waals surface area contributed by atoms with E-state index in [1.54, 1.807) is 4.80 Å². The van der Waals surface area contributed by atoms with Crippen LogP contribution in [0.15, 0.2) is 54.6 Å². The molecule has 0 spiro atoms. The van der Waals surface area contributed by atoms with E-state index in [0.717, 1.165) is 30.1 Å². The van der Waals surface area contributed by atoms with Gasteiger partial charge in [0.15, 0.2) is 5.82 Å². The molecule has 3 rings (SSSR count). The highest BCUT2D eigenvalue weighted by Gasteiger charge is 2.04. The predicted octanol–water partition coefficient (Wildman–Crippen LogP) is 3.47. The summed E-state index contributed by atoms with van der Waals surface area (Å²) < 4.78 is 5.74. The van der Waals surface area contributed by atoms with Crippen molar-refractivity contribution in [2.24, 2.45) is 0 Å². The zero-order chi connectivity index (χ0) is 19.6. The lowest BCUT2D eigenvalue weighted by atomic mass is 10.1. The number of tetrazole rings is 1. The van der Waals surface area contributed by atoms with Crippen LogP contribution >= 0.6 is 0 Å².